The summed E-state index contributed by atoms with van der Waals surface area (Å²) >= 11 is 0. The van der Waals surface area contributed by atoms with E-state index in [4.69, 9.17) is 0 Å². The number of carbonyl (C=O) groups excluding carboxylic acids is 4. The summed E-state index contributed by atoms with van der Waals surface area (Å²) in [5.74, 6) is -1.10. The van der Waals surface area contributed by atoms with Crippen molar-refractivity contribution in [3.8, 4) is 0 Å². The lowest BCUT2D eigenvalue weighted by Gasteiger charge is -2.34. The van der Waals surface area contributed by atoms with Gasteiger partial charge in [-0.25, -0.2) is 4.79 Å². The molecule has 26 heavy (non-hydrogen) atoms. The molecule has 1 saturated heterocycles. The summed E-state index contributed by atoms with van der Waals surface area (Å²) in [6.45, 7) is 3.88. The summed E-state index contributed by atoms with van der Waals surface area (Å²) in [7, 11) is 0. The van der Waals surface area contributed by atoms with Gasteiger partial charge in [0.15, 0.2) is 0 Å². The van der Waals surface area contributed by atoms with Crippen LogP contribution in [0.1, 0.15) is 46.0 Å². The van der Waals surface area contributed by atoms with Gasteiger partial charge in [0.05, 0.1) is 11.8 Å². The highest BCUT2D eigenvalue weighted by molar-refractivity contribution is 6.08. The van der Waals surface area contributed by atoms with Gasteiger partial charge in [-0.3, -0.25) is 24.6 Å². The first kappa shape index (κ1) is 18.6. The minimum Gasteiger partial charge on any atom is -0.335 e. The molecule has 7 heteroatoms. The Labute approximate surface area is 153 Å². The third-order valence-electron chi connectivity index (χ3n) is 6.18. The largest absolute Gasteiger partial charge is 0.335 e. The Kier molecular flexibility index (Phi) is 5.44. The molecular weight excluding hydrogens is 334 g/mol. The number of likely N-dealkylation sites (tertiary alicyclic amines) is 1. The number of hydrogen-bond acceptors (Lipinski definition) is 4. The maximum atomic E-state index is 12.4. The minimum absolute atomic E-state index is 0.0375. The Morgan fingerprint density at radius 2 is 1.69 bits per heavy atom. The van der Waals surface area contributed by atoms with Crippen LogP contribution in [0.3, 0.4) is 0 Å². The van der Waals surface area contributed by atoms with Crippen LogP contribution in [-0.2, 0) is 14.4 Å². The van der Waals surface area contributed by atoms with E-state index in [1.807, 2.05) is 12.2 Å². The second-order valence-corrected chi connectivity index (χ2v) is 7.81. The Bertz CT molecular complexity index is 619. The summed E-state index contributed by atoms with van der Waals surface area (Å²) in [4.78, 5) is 50.0. The van der Waals surface area contributed by atoms with Gasteiger partial charge in [-0.1, -0.05) is 38.8 Å². The van der Waals surface area contributed by atoms with Crippen LogP contribution in [0.15, 0.2) is 12.2 Å². The SMILES string of the molecule is CC1CCCC(NC(=O)NC(=O)CN2C(=O)C3CC=CCC3C2=O)C1C. The number of nitrogens with zero attached hydrogens (tertiary/aromatic N) is 1. The van der Waals surface area contributed by atoms with Crippen molar-refractivity contribution in [1.82, 2.24) is 15.5 Å². The number of allylic oxidation sites excluding steroid dienone is 2. The smallest absolute Gasteiger partial charge is 0.321 e. The number of urea groups is 1. The van der Waals surface area contributed by atoms with Crippen LogP contribution in [0.4, 0.5) is 4.79 Å². The molecule has 5 amide bonds. The van der Waals surface area contributed by atoms with Gasteiger partial charge < -0.3 is 5.32 Å². The number of hydrogen-bond donors (Lipinski definition) is 2. The van der Waals surface area contributed by atoms with Crippen LogP contribution in [0.5, 0.6) is 0 Å². The average molecular weight is 361 g/mol. The maximum absolute atomic E-state index is 12.4. The quantitative estimate of drug-likeness (QED) is 0.589. The molecule has 1 heterocycles. The number of rotatable bonds is 3. The number of fused-ring (bicyclic) bond motifs is 1. The predicted molar refractivity (Wildman–Crippen MR) is 94.7 cm³/mol. The Morgan fingerprint density at radius 1 is 1.08 bits per heavy atom. The van der Waals surface area contributed by atoms with Crippen molar-refractivity contribution in [1.29, 1.82) is 0 Å². The molecule has 1 saturated carbocycles. The predicted octanol–water partition coefficient (Wildman–Crippen LogP) is 1.59. The van der Waals surface area contributed by atoms with Crippen molar-refractivity contribution in [3.63, 3.8) is 0 Å². The van der Waals surface area contributed by atoms with Gasteiger partial charge in [0.1, 0.15) is 6.54 Å². The highest BCUT2D eigenvalue weighted by atomic mass is 16.2. The summed E-state index contributed by atoms with van der Waals surface area (Å²) in [6, 6.07) is -0.519. The molecule has 0 spiro atoms. The molecule has 3 rings (SSSR count). The number of imide groups is 2. The fraction of sp³-hybridized carbons (Fsp3) is 0.684. The van der Waals surface area contributed by atoms with Crippen LogP contribution in [-0.4, -0.2) is 41.2 Å². The molecule has 0 bridgehead atoms. The molecular formula is C19H27N3O4. The van der Waals surface area contributed by atoms with Gasteiger partial charge >= 0.3 is 6.03 Å². The van der Waals surface area contributed by atoms with E-state index in [1.54, 1.807) is 0 Å². The Morgan fingerprint density at radius 3 is 2.31 bits per heavy atom. The first-order chi connectivity index (χ1) is 12.4. The molecule has 0 radical (unpaired) electrons. The van der Waals surface area contributed by atoms with Crippen LogP contribution in [0, 0.1) is 23.7 Å². The van der Waals surface area contributed by atoms with E-state index < -0.39 is 18.5 Å². The number of carbonyl (C=O) groups is 4. The molecule has 2 aliphatic carbocycles. The van der Waals surface area contributed by atoms with Crippen molar-refractivity contribution < 1.29 is 19.2 Å². The number of amides is 5. The summed E-state index contributed by atoms with van der Waals surface area (Å²) in [5, 5.41) is 5.12. The standard InChI is InChI=1S/C19H27N3O4/c1-11-6-5-9-15(12(11)2)20-19(26)21-16(23)10-22-17(24)13-7-3-4-8-14(13)18(22)25/h3-4,11-15H,5-10H2,1-2H3,(H2,20,21,23,26). The van der Waals surface area contributed by atoms with E-state index in [0.29, 0.717) is 24.7 Å². The summed E-state index contributed by atoms with van der Waals surface area (Å²) in [6.07, 6.45) is 7.96. The van der Waals surface area contributed by atoms with E-state index in [1.165, 1.54) is 0 Å². The van der Waals surface area contributed by atoms with Crippen molar-refractivity contribution in [3.05, 3.63) is 12.2 Å². The van der Waals surface area contributed by atoms with Crippen molar-refractivity contribution in [2.24, 2.45) is 23.7 Å². The fourth-order valence-corrected chi connectivity index (χ4v) is 4.32. The van der Waals surface area contributed by atoms with Crippen molar-refractivity contribution in [2.75, 3.05) is 6.54 Å². The Balaban J connectivity index is 1.51. The normalized spacial score (nSPS) is 33.8. The van der Waals surface area contributed by atoms with E-state index in [0.717, 1.165) is 24.2 Å². The third-order valence-corrected chi connectivity index (χ3v) is 6.18. The molecule has 0 aromatic rings. The molecule has 5 atom stereocenters. The van der Waals surface area contributed by atoms with E-state index >= 15 is 0 Å². The lowest BCUT2D eigenvalue weighted by atomic mass is 9.78. The van der Waals surface area contributed by atoms with Gasteiger partial charge in [0.2, 0.25) is 17.7 Å². The summed E-state index contributed by atoms with van der Waals surface area (Å²) in [5.41, 5.74) is 0. The van der Waals surface area contributed by atoms with Crippen LogP contribution in [0.2, 0.25) is 0 Å². The lowest BCUT2D eigenvalue weighted by molar-refractivity contribution is -0.143. The van der Waals surface area contributed by atoms with Gasteiger partial charge in [-0.15, -0.1) is 0 Å². The summed E-state index contributed by atoms with van der Waals surface area (Å²) < 4.78 is 0. The highest BCUT2D eigenvalue weighted by Gasteiger charge is 2.47. The van der Waals surface area contributed by atoms with E-state index in [9.17, 15) is 19.2 Å². The topological polar surface area (TPSA) is 95.6 Å². The molecule has 0 aromatic heterocycles. The van der Waals surface area contributed by atoms with Crippen LogP contribution in [0.25, 0.3) is 0 Å². The number of nitrogens with one attached hydrogen (secondary N) is 2. The molecule has 1 aliphatic heterocycles. The monoisotopic (exact) mass is 361 g/mol. The average Bonchev–Trinajstić information content (AvgIpc) is 2.84. The van der Waals surface area contributed by atoms with Crippen molar-refractivity contribution in [2.45, 2.75) is 52.0 Å². The van der Waals surface area contributed by atoms with Gasteiger partial charge in [-0.05, 0) is 31.1 Å². The molecule has 3 aliphatic rings. The lowest BCUT2D eigenvalue weighted by Crippen LogP contribution is -2.51. The van der Waals surface area contributed by atoms with Crippen LogP contribution < -0.4 is 10.6 Å². The molecule has 142 valence electrons. The van der Waals surface area contributed by atoms with Crippen molar-refractivity contribution >= 4 is 23.8 Å². The fourth-order valence-electron chi connectivity index (χ4n) is 4.32. The zero-order chi connectivity index (χ0) is 18.8. The highest BCUT2D eigenvalue weighted by Crippen LogP contribution is 2.34. The van der Waals surface area contributed by atoms with E-state index in [-0.39, 0.29) is 29.7 Å². The Hall–Kier alpha value is -2.18. The molecule has 2 fully saturated rings. The van der Waals surface area contributed by atoms with Gasteiger partial charge in [0, 0.05) is 6.04 Å². The van der Waals surface area contributed by atoms with E-state index in [2.05, 4.69) is 24.5 Å². The third kappa shape index (κ3) is 3.66. The van der Waals surface area contributed by atoms with Crippen LogP contribution >= 0.6 is 0 Å². The second-order valence-electron chi connectivity index (χ2n) is 7.81. The minimum atomic E-state index is -0.632. The van der Waals surface area contributed by atoms with Gasteiger partial charge in [-0.2, -0.15) is 0 Å². The maximum Gasteiger partial charge on any atom is 0.321 e. The zero-order valence-corrected chi connectivity index (χ0v) is 15.4. The van der Waals surface area contributed by atoms with Gasteiger partial charge in [0.25, 0.3) is 0 Å². The molecule has 2 N–H and O–H groups in total. The zero-order valence-electron chi connectivity index (χ0n) is 15.4. The second kappa shape index (κ2) is 7.60. The molecule has 5 unspecified atom stereocenters. The molecule has 7 nitrogen and oxygen atoms in total. The first-order valence-electron chi connectivity index (χ1n) is 9.49. The molecule has 0 aromatic carbocycles. The first-order valence-corrected chi connectivity index (χ1v) is 9.49.